The first kappa shape index (κ1) is 26.9. The molecule has 0 amide bonds. The third kappa shape index (κ3) is 5.92. The normalized spacial score (nSPS) is 16.1. The van der Waals surface area contributed by atoms with Gasteiger partial charge < -0.3 is 24.1 Å². The molecule has 2 unspecified atom stereocenters. The summed E-state index contributed by atoms with van der Waals surface area (Å²) in [6.45, 7) is 5.84. The maximum Gasteiger partial charge on any atom is 0.323 e. The van der Waals surface area contributed by atoms with Crippen molar-refractivity contribution in [2.24, 2.45) is 13.0 Å². The molecule has 3 heterocycles. The highest BCUT2D eigenvalue weighted by atomic mass is 35.5. The summed E-state index contributed by atoms with van der Waals surface area (Å²) in [5.74, 6) is 0.164. The molecule has 0 spiro atoms. The molecule has 35 heavy (non-hydrogen) atoms. The summed E-state index contributed by atoms with van der Waals surface area (Å²) in [6, 6.07) is 6.70. The zero-order chi connectivity index (χ0) is 24.4. The topological polar surface area (TPSA) is 119 Å². The quantitative estimate of drug-likeness (QED) is 0.431. The fourth-order valence-electron chi connectivity index (χ4n) is 4.56. The van der Waals surface area contributed by atoms with Crippen molar-refractivity contribution < 1.29 is 19.7 Å². The summed E-state index contributed by atoms with van der Waals surface area (Å²) < 4.78 is 9.33. The number of rotatable bonds is 8. The molecule has 0 bridgehead atoms. The van der Waals surface area contributed by atoms with Crippen molar-refractivity contribution in [2.75, 3.05) is 13.2 Å². The van der Waals surface area contributed by atoms with Crippen molar-refractivity contribution in [1.29, 1.82) is 0 Å². The zero-order valence-corrected chi connectivity index (χ0v) is 21.0. The average molecular weight is 505 g/mol. The number of aliphatic carboxylic acids is 1. The van der Waals surface area contributed by atoms with Crippen molar-refractivity contribution in [1.82, 2.24) is 19.4 Å². The fraction of sp³-hybridized carbons (Fsp3) is 0.480. The fourth-order valence-corrected chi connectivity index (χ4v) is 4.56. The van der Waals surface area contributed by atoms with Crippen molar-refractivity contribution in [3.63, 3.8) is 0 Å². The molecule has 1 fully saturated rings. The van der Waals surface area contributed by atoms with Crippen LogP contribution >= 0.6 is 12.4 Å². The standard InChI is InChI=1S/C25H32N4O5.ClH/c1-15-10-19(14-28(3)24(15)31)23-27-20-5-4-18(12-26-22(16(2)30)25(32)33)11-21(20)29(23)13-17-6-8-34-9-7-17;/h4-5,10-11,14,16-17,22,26,30H,6-9,12-13H2,1-3H3,(H,32,33);1H. The molecule has 4 rings (SSSR count). The van der Waals surface area contributed by atoms with Crippen molar-refractivity contribution in [3.05, 3.63) is 51.9 Å². The highest BCUT2D eigenvalue weighted by Crippen LogP contribution is 2.29. The zero-order valence-electron chi connectivity index (χ0n) is 20.2. The molecule has 3 N–H and O–H groups in total. The molecular formula is C25H33ClN4O5. The second-order valence-corrected chi connectivity index (χ2v) is 9.19. The van der Waals surface area contributed by atoms with E-state index in [1.54, 1.807) is 11.6 Å². The Morgan fingerprint density at radius 2 is 2.00 bits per heavy atom. The lowest BCUT2D eigenvalue weighted by atomic mass is 10.00. The number of aliphatic hydroxyl groups excluding tert-OH is 1. The number of aryl methyl sites for hydroxylation is 2. The number of aliphatic hydroxyl groups is 1. The number of imidazole rings is 1. The van der Waals surface area contributed by atoms with E-state index < -0.39 is 18.1 Å². The molecule has 2 aromatic heterocycles. The third-order valence-electron chi connectivity index (χ3n) is 6.49. The van der Waals surface area contributed by atoms with Gasteiger partial charge in [0.2, 0.25) is 0 Å². The van der Waals surface area contributed by atoms with Gasteiger partial charge in [-0.25, -0.2) is 4.98 Å². The summed E-state index contributed by atoms with van der Waals surface area (Å²) in [4.78, 5) is 28.6. The lowest BCUT2D eigenvalue weighted by Crippen LogP contribution is -2.44. The van der Waals surface area contributed by atoms with Crippen molar-refractivity contribution in [2.45, 2.75) is 51.9 Å². The monoisotopic (exact) mass is 504 g/mol. The van der Waals surface area contributed by atoms with Gasteiger partial charge in [-0.3, -0.25) is 14.9 Å². The molecule has 0 aliphatic carbocycles. The molecule has 190 valence electrons. The number of carboxylic acids is 1. The van der Waals surface area contributed by atoms with Crippen LogP contribution in [-0.2, 0) is 29.7 Å². The smallest absolute Gasteiger partial charge is 0.323 e. The number of ether oxygens (including phenoxy) is 1. The molecule has 0 radical (unpaired) electrons. The summed E-state index contributed by atoms with van der Waals surface area (Å²) in [6.07, 6.45) is 2.75. The van der Waals surface area contributed by atoms with Gasteiger partial charge in [0.05, 0.1) is 17.1 Å². The number of nitrogens with zero attached hydrogens (tertiary/aromatic N) is 3. The number of hydrogen-bond donors (Lipinski definition) is 3. The van der Waals surface area contributed by atoms with Crippen LogP contribution in [0, 0.1) is 12.8 Å². The second kappa shape index (κ2) is 11.3. The largest absolute Gasteiger partial charge is 0.480 e. The van der Waals surface area contributed by atoms with Crippen LogP contribution in [-0.4, -0.2) is 55.7 Å². The molecule has 1 aliphatic rings. The van der Waals surface area contributed by atoms with E-state index in [0.29, 0.717) is 18.0 Å². The van der Waals surface area contributed by atoms with Crippen LogP contribution in [0.1, 0.15) is 30.9 Å². The Balaban J connectivity index is 0.00000342. The molecule has 0 saturated carbocycles. The highest BCUT2D eigenvalue weighted by molar-refractivity contribution is 5.85. The van der Waals surface area contributed by atoms with E-state index in [-0.39, 0.29) is 18.0 Å². The van der Waals surface area contributed by atoms with Gasteiger partial charge in [0, 0.05) is 50.7 Å². The summed E-state index contributed by atoms with van der Waals surface area (Å²) in [7, 11) is 1.75. The van der Waals surface area contributed by atoms with Crippen LogP contribution in [0.15, 0.2) is 35.3 Å². The molecule has 9 nitrogen and oxygen atoms in total. The van der Waals surface area contributed by atoms with E-state index in [1.807, 2.05) is 37.4 Å². The number of hydrogen-bond acceptors (Lipinski definition) is 6. The number of benzene rings is 1. The maximum atomic E-state index is 12.2. The Bertz CT molecular complexity index is 1220. The van der Waals surface area contributed by atoms with Gasteiger partial charge in [-0.15, -0.1) is 12.4 Å². The Morgan fingerprint density at radius 3 is 2.63 bits per heavy atom. The number of halogens is 1. The van der Waals surface area contributed by atoms with Crippen molar-refractivity contribution >= 4 is 29.4 Å². The Morgan fingerprint density at radius 1 is 1.29 bits per heavy atom. The summed E-state index contributed by atoms with van der Waals surface area (Å²) in [5.41, 5.74) is 4.19. The van der Waals surface area contributed by atoms with E-state index >= 15 is 0 Å². The molecule has 2 atom stereocenters. The van der Waals surface area contributed by atoms with Crippen LogP contribution in [0.4, 0.5) is 0 Å². The van der Waals surface area contributed by atoms with Gasteiger partial charge in [-0.2, -0.15) is 0 Å². The van der Waals surface area contributed by atoms with Gasteiger partial charge in [-0.05, 0) is 56.4 Å². The summed E-state index contributed by atoms with van der Waals surface area (Å²) >= 11 is 0. The molecule has 3 aromatic rings. The lowest BCUT2D eigenvalue weighted by molar-refractivity contribution is -0.142. The SMILES string of the molecule is Cc1cc(-c2nc3ccc(CNC(C(=O)O)C(C)O)cc3n2CC2CCOCC2)cn(C)c1=O.Cl. The van der Waals surface area contributed by atoms with Crippen LogP contribution in [0.5, 0.6) is 0 Å². The van der Waals surface area contributed by atoms with E-state index in [9.17, 15) is 19.8 Å². The Kier molecular flexibility index (Phi) is 8.71. The van der Waals surface area contributed by atoms with E-state index in [4.69, 9.17) is 9.72 Å². The van der Waals surface area contributed by atoms with Gasteiger partial charge in [0.1, 0.15) is 11.9 Å². The Hall–Kier alpha value is -2.72. The first-order chi connectivity index (χ1) is 16.2. The number of carbonyl (C=O) groups is 1. The number of carboxylic acid groups (broad SMARTS) is 1. The van der Waals surface area contributed by atoms with E-state index in [1.165, 1.54) is 6.92 Å². The lowest BCUT2D eigenvalue weighted by Gasteiger charge is -2.24. The van der Waals surface area contributed by atoms with Gasteiger partial charge in [-0.1, -0.05) is 6.07 Å². The van der Waals surface area contributed by atoms with Crippen LogP contribution < -0.4 is 10.9 Å². The van der Waals surface area contributed by atoms with Gasteiger partial charge in [0.15, 0.2) is 0 Å². The van der Waals surface area contributed by atoms with E-state index in [0.717, 1.165) is 60.6 Å². The maximum absolute atomic E-state index is 12.2. The molecule has 1 aromatic carbocycles. The number of nitrogens with one attached hydrogen (secondary N) is 1. The summed E-state index contributed by atoms with van der Waals surface area (Å²) in [5, 5.41) is 22.0. The van der Waals surface area contributed by atoms with Gasteiger partial charge >= 0.3 is 5.97 Å². The molecule has 1 aliphatic heterocycles. The van der Waals surface area contributed by atoms with Crippen molar-refractivity contribution in [3.8, 4) is 11.4 Å². The molecular weight excluding hydrogens is 472 g/mol. The predicted octanol–water partition coefficient (Wildman–Crippen LogP) is 2.48. The van der Waals surface area contributed by atoms with E-state index in [2.05, 4.69) is 9.88 Å². The predicted molar refractivity (Wildman–Crippen MR) is 136 cm³/mol. The number of pyridine rings is 1. The van der Waals surface area contributed by atoms with Crippen LogP contribution in [0.3, 0.4) is 0 Å². The van der Waals surface area contributed by atoms with Gasteiger partial charge in [0.25, 0.3) is 5.56 Å². The molecule has 10 heteroatoms. The Labute approximate surface area is 210 Å². The number of aromatic nitrogens is 3. The minimum Gasteiger partial charge on any atom is -0.480 e. The highest BCUT2D eigenvalue weighted by Gasteiger charge is 2.23. The average Bonchev–Trinajstić information content (AvgIpc) is 3.15. The third-order valence-corrected chi connectivity index (χ3v) is 6.49. The molecule has 1 saturated heterocycles. The number of fused-ring (bicyclic) bond motifs is 1. The minimum absolute atomic E-state index is 0. The second-order valence-electron chi connectivity index (χ2n) is 9.19. The minimum atomic E-state index is -1.09. The first-order valence-corrected chi connectivity index (χ1v) is 11.6. The first-order valence-electron chi connectivity index (χ1n) is 11.6. The van der Waals surface area contributed by atoms with Crippen LogP contribution in [0.2, 0.25) is 0 Å². The van der Waals surface area contributed by atoms with Crippen LogP contribution in [0.25, 0.3) is 22.4 Å².